The molecule has 1 N–H and O–H groups in total. The number of carbonyl (C=O) groups excluding carboxylic acids is 2. The molecule has 2 heterocycles. The minimum Gasteiger partial charge on any atom is -0.329 e. The summed E-state index contributed by atoms with van der Waals surface area (Å²) in [5, 5.41) is 3.50. The first-order valence-corrected chi connectivity index (χ1v) is 7.25. The van der Waals surface area contributed by atoms with Gasteiger partial charge in [-0.05, 0) is 12.5 Å². The molecule has 1 saturated heterocycles. The fourth-order valence-electron chi connectivity index (χ4n) is 2.36. The first-order valence-electron chi connectivity index (χ1n) is 6.38. The Morgan fingerprint density at radius 2 is 2.10 bits per heavy atom. The van der Waals surface area contributed by atoms with Crippen LogP contribution in [0.5, 0.6) is 0 Å². The average molecular weight is 290 g/mol. The second-order valence-electron chi connectivity index (χ2n) is 4.46. The lowest BCUT2D eigenvalue weighted by atomic mass is 10.1. The lowest BCUT2D eigenvalue weighted by molar-refractivity contribution is -0.161. The molecule has 1 aromatic carbocycles. The van der Waals surface area contributed by atoms with E-state index >= 15 is 0 Å². The molecule has 104 valence electrons. The van der Waals surface area contributed by atoms with Crippen LogP contribution in [0.15, 0.2) is 35.7 Å². The summed E-state index contributed by atoms with van der Waals surface area (Å²) in [6.45, 7) is 2.23. The van der Waals surface area contributed by atoms with E-state index in [4.69, 9.17) is 4.74 Å². The molecule has 0 bridgehead atoms. The predicted molar refractivity (Wildman–Crippen MR) is 76.0 cm³/mol. The number of benzene rings is 1. The normalized spacial score (nSPS) is 25.2. The molecule has 0 unspecified atom stereocenters. The number of amides is 2. The third-order valence-corrected chi connectivity index (χ3v) is 4.20. The monoisotopic (exact) mass is 290 g/mol. The van der Waals surface area contributed by atoms with Gasteiger partial charge < -0.3 is 10.1 Å². The largest absolute Gasteiger partial charge is 0.329 e. The van der Waals surface area contributed by atoms with Crippen LogP contribution in [0.25, 0.3) is 5.70 Å². The van der Waals surface area contributed by atoms with Crippen LogP contribution in [-0.4, -0.2) is 28.5 Å². The van der Waals surface area contributed by atoms with Crippen LogP contribution in [-0.2, 0) is 14.3 Å². The molecule has 0 saturated carbocycles. The van der Waals surface area contributed by atoms with Gasteiger partial charge in [-0.2, -0.15) is 0 Å². The maximum Gasteiger partial charge on any atom is 0.284 e. The van der Waals surface area contributed by atoms with Crippen molar-refractivity contribution in [2.75, 3.05) is 6.61 Å². The first kappa shape index (κ1) is 13.2. The highest BCUT2D eigenvalue weighted by Crippen LogP contribution is 2.45. The molecule has 0 radical (unpaired) electrons. The van der Waals surface area contributed by atoms with E-state index in [9.17, 15) is 9.59 Å². The van der Waals surface area contributed by atoms with E-state index in [1.54, 1.807) is 0 Å². The third kappa shape index (κ3) is 2.01. The van der Waals surface area contributed by atoms with Crippen molar-refractivity contribution >= 4 is 29.3 Å². The number of carbonyl (C=O) groups is 2. The lowest BCUT2D eigenvalue weighted by Gasteiger charge is -2.41. The van der Waals surface area contributed by atoms with E-state index in [2.05, 4.69) is 5.32 Å². The van der Waals surface area contributed by atoms with E-state index in [1.807, 2.05) is 42.7 Å². The Morgan fingerprint density at radius 1 is 1.35 bits per heavy atom. The van der Waals surface area contributed by atoms with Gasteiger partial charge in [0.25, 0.3) is 5.18 Å². The highest BCUT2D eigenvalue weighted by Gasteiger charge is 2.52. The summed E-state index contributed by atoms with van der Waals surface area (Å²) in [5.41, 5.74) is 1.68. The fourth-order valence-corrected chi connectivity index (χ4v) is 3.53. The van der Waals surface area contributed by atoms with Gasteiger partial charge in [0.15, 0.2) is 0 Å². The summed E-state index contributed by atoms with van der Waals surface area (Å²) in [5.74, 6) is -0.558. The van der Waals surface area contributed by atoms with Crippen LogP contribution >= 0.6 is 11.8 Å². The van der Waals surface area contributed by atoms with Crippen molar-refractivity contribution in [1.82, 2.24) is 10.2 Å². The number of nitrogens with zero attached hydrogens (tertiary/aromatic N) is 1. The molecule has 1 atom stereocenters. The minimum atomic E-state index is -1.13. The minimum absolute atomic E-state index is 0.153. The smallest absolute Gasteiger partial charge is 0.284 e. The van der Waals surface area contributed by atoms with E-state index in [0.29, 0.717) is 6.61 Å². The zero-order chi connectivity index (χ0) is 14.2. The average Bonchev–Trinajstić information content (AvgIpc) is 2.79. The van der Waals surface area contributed by atoms with Gasteiger partial charge in [-0.3, -0.25) is 14.5 Å². The second kappa shape index (κ2) is 4.96. The van der Waals surface area contributed by atoms with Crippen LogP contribution in [0.2, 0.25) is 0 Å². The van der Waals surface area contributed by atoms with E-state index in [-0.39, 0.29) is 18.2 Å². The van der Waals surface area contributed by atoms with E-state index < -0.39 is 5.18 Å². The van der Waals surface area contributed by atoms with Crippen molar-refractivity contribution in [1.29, 1.82) is 0 Å². The summed E-state index contributed by atoms with van der Waals surface area (Å²) in [6.07, 6.45) is -0.153. The summed E-state index contributed by atoms with van der Waals surface area (Å²) in [6, 6.07) is 9.60. The molecule has 2 aliphatic rings. The van der Waals surface area contributed by atoms with Gasteiger partial charge in [0, 0.05) is 12.0 Å². The van der Waals surface area contributed by atoms with Gasteiger partial charge in [0.2, 0.25) is 11.8 Å². The van der Waals surface area contributed by atoms with E-state index in [1.165, 1.54) is 16.7 Å². The molecule has 3 rings (SSSR count). The van der Waals surface area contributed by atoms with Crippen LogP contribution in [0.4, 0.5) is 0 Å². The van der Waals surface area contributed by atoms with Crippen molar-refractivity contribution < 1.29 is 14.3 Å². The van der Waals surface area contributed by atoms with Gasteiger partial charge in [-0.25, -0.2) is 0 Å². The Labute approximate surface area is 121 Å². The van der Waals surface area contributed by atoms with Crippen molar-refractivity contribution in [3.63, 3.8) is 0 Å². The van der Waals surface area contributed by atoms with Crippen molar-refractivity contribution in [2.45, 2.75) is 18.5 Å². The predicted octanol–water partition coefficient (Wildman–Crippen LogP) is 1.73. The molecule has 5 nitrogen and oxygen atoms in total. The van der Waals surface area contributed by atoms with Gasteiger partial charge in [-0.15, -0.1) is 0 Å². The molecule has 2 amide bonds. The Morgan fingerprint density at radius 3 is 2.80 bits per heavy atom. The maximum atomic E-state index is 12.3. The van der Waals surface area contributed by atoms with Gasteiger partial charge >= 0.3 is 0 Å². The molecule has 2 aliphatic heterocycles. The number of fused-ring (bicyclic) bond motifs is 1. The van der Waals surface area contributed by atoms with Gasteiger partial charge in [0.05, 0.1) is 5.70 Å². The number of ether oxygens (including phenoxy) is 1. The number of nitrogens with one attached hydrogen (secondary N) is 1. The number of hydrogen-bond donors (Lipinski definition) is 1. The lowest BCUT2D eigenvalue weighted by Crippen LogP contribution is -2.63. The zero-order valence-electron chi connectivity index (χ0n) is 11.0. The van der Waals surface area contributed by atoms with E-state index in [0.717, 1.165) is 11.3 Å². The number of rotatable bonds is 3. The molecule has 6 heteroatoms. The Bertz CT molecular complexity index is 587. The number of hydrogen-bond acceptors (Lipinski definition) is 4. The molecule has 0 aromatic heterocycles. The molecule has 1 fully saturated rings. The molecular weight excluding hydrogens is 276 g/mol. The number of thioether (sulfide) groups is 1. The van der Waals surface area contributed by atoms with Gasteiger partial charge in [0.1, 0.15) is 6.42 Å². The van der Waals surface area contributed by atoms with Crippen molar-refractivity contribution in [3.05, 3.63) is 41.3 Å². The topological polar surface area (TPSA) is 58.6 Å². The SMILES string of the molecule is CCO[C@@]12NC(=O)CC(=O)N1C(c1ccccc1)=CS2. The zero-order valence-corrected chi connectivity index (χ0v) is 11.8. The highest BCUT2D eigenvalue weighted by atomic mass is 32.2. The van der Waals surface area contributed by atoms with Crippen LogP contribution in [0.3, 0.4) is 0 Å². The van der Waals surface area contributed by atoms with Crippen molar-refractivity contribution in [3.8, 4) is 0 Å². The van der Waals surface area contributed by atoms with Gasteiger partial charge in [-0.1, -0.05) is 42.1 Å². The standard InChI is InChI=1S/C14H14N2O3S/c1-2-19-14-15-12(17)8-13(18)16(14)11(9-20-14)10-6-4-3-5-7-10/h3-7,9H,2,8H2,1H3,(H,15,17)/t14-/m1/s1. The first-order chi connectivity index (χ1) is 9.66. The Balaban J connectivity index is 2.00. The molecule has 0 spiro atoms. The molecular formula is C14H14N2O3S. The summed E-state index contributed by atoms with van der Waals surface area (Å²) in [4.78, 5) is 25.5. The second-order valence-corrected chi connectivity index (χ2v) is 5.48. The molecule has 0 aliphatic carbocycles. The maximum absolute atomic E-state index is 12.3. The Kier molecular flexibility index (Phi) is 3.27. The fraction of sp³-hybridized carbons (Fsp3) is 0.286. The summed E-state index contributed by atoms with van der Waals surface area (Å²) in [7, 11) is 0. The Hall–Kier alpha value is -1.79. The van der Waals surface area contributed by atoms with Crippen LogP contribution in [0, 0.1) is 0 Å². The van der Waals surface area contributed by atoms with Crippen molar-refractivity contribution in [2.24, 2.45) is 0 Å². The third-order valence-electron chi connectivity index (χ3n) is 3.13. The van der Waals surface area contributed by atoms with Crippen LogP contribution < -0.4 is 5.32 Å². The quantitative estimate of drug-likeness (QED) is 0.861. The summed E-state index contributed by atoms with van der Waals surface area (Å²) >= 11 is 1.30. The highest BCUT2D eigenvalue weighted by molar-refractivity contribution is 8.03. The van der Waals surface area contributed by atoms with Crippen LogP contribution in [0.1, 0.15) is 18.9 Å². The molecule has 1 aromatic rings. The molecule has 20 heavy (non-hydrogen) atoms. The summed E-state index contributed by atoms with van der Waals surface area (Å²) < 4.78 is 5.67.